The number of carbonyl (C=O) groups is 3. The second-order valence-electron chi connectivity index (χ2n) is 7.01. The van der Waals surface area contributed by atoms with E-state index in [2.05, 4.69) is 48.0 Å². The van der Waals surface area contributed by atoms with Gasteiger partial charge in [-0.25, -0.2) is 4.79 Å². The van der Waals surface area contributed by atoms with E-state index in [0.717, 1.165) is 4.90 Å². The van der Waals surface area contributed by atoms with Crippen LogP contribution in [0.3, 0.4) is 0 Å². The fourth-order valence-electron chi connectivity index (χ4n) is 2.94. The van der Waals surface area contributed by atoms with Gasteiger partial charge in [0.2, 0.25) is 5.91 Å². The summed E-state index contributed by atoms with van der Waals surface area (Å²) in [4.78, 5) is 37.0. The average molecular weight is 398 g/mol. The monoisotopic (exact) mass is 397 g/mol. The molecule has 0 radical (unpaired) electrons. The number of aryl methyl sites for hydroxylation is 2. The fourth-order valence-corrected chi connectivity index (χ4v) is 3.89. The maximum atomic E-state index is 12.3. The highest BCUT2D eigenvalue weighted by Gasteiger charge is 2.43. The van der Waals surface area contributed by atoms with Gasteiger partial charge in [0.25, 0.3) is 5.91 Å². The largest absolute Gasteiger partial charge is 0.326 e. The van der Waals surface area contributed by atoms with Gasteiger partial charge in [-0.2, -0.15) is 0 Å². The van der Waals surface area contributed by atoms with Crippen LogP contribution in [0.15, 0.2) is 47.4 Å². The van der Waals surface area contributed by atoms with Crippen molar-refractivity contribution < 1.29 is 14.4 Å². The molecule has 0 aliphatic carbocycles. The lowest BCUT2D eigenvalue weighted by atomic mass is 9.92. The Morgan fingerprint density at radius 3 is 2.57 bits per heavy atom. The molecule has 3 rings (SSSR count). The predicted molar refractivity (Wildman–Crippen MR) is 110 cm³/mol. The SMILES string of the molecule is Cc1ccc(SCCC(=O)Nc2cccc(C3(C)NC(=O)NC3=O)c2)cc1C. The van der Waals surface area contributed by atoms with Crippen LogP contribution >= 0.6 is 11.8 Å². The van der Waals surface area contributed by atoms with E-state index >= 15 is 0 Å². The summed E-state index contributed by atoms with van der Waals surface area (Å²) in [5.41, 5.74) is 2.55. The predicted octanol–water partition coefficient (Wildman–Crippen LogP) is 3.48. The molecule has 1 saturated heterocycles. The number of hydrogen-bond donors (Lipinski definition) is 3. The summed E-state index contributed by atoms with van der Waals surface area (Å²) in [5.74, 6) is 0.161. The van der Waals surface area contributed by atoms with Crippen molar-refractivity contribution in [2.75, 3.05) is 11.1 Å². The van der Waals surface area contributed by atoms with Crippen LogP contribution in [0.5, 0.6) is 0 Å². The normalized spacial score (nSPS) is 18.5. The lowest BCUT2D eigenvalue weighted by molar-refractivity contribution is -0.123. The third kappa shape index (κ3) is 4.36. The smallest absolute Gasteiger partial charge is 0.322 e. The fraction of sp³-hybridized carbons (Fsp3) is 0.286. The lowest BCUT2D eigenvalue weighted by Gasteiger charge is -2.21. The zero-order chi connectivity index (χ0) is 20.3. The minimum atomic E-state index is -1.14. The minimum Gasteiger partial charge on any atom is -0.326 e. The molecular weight excluding hydrogens is 374 g/mol. The number of benzene rings is 2. The van der Waals surface area contributed by atoms with Gasteiger partial charge < -0.3 is 10.6 Å². The molecule has 0 spiro atoms. The molecule has 28 heavy (non-hydrogen) atoms. The first-order valence-electron chi connectivity index (χ1n) is 9.02. The highest BCUT2D eigenvalue weighted by atomic mass is 32.2. The van der Waals surface area contributed by atoms with E-state index in [9.17, 15) is 14.4 Å². The van der Waals surface area contributed by atoms with Crippen LogP contribution in [0, 0.1) is 13.8 Å². The molecule has 1 aliphatic rings. The molecule has 1 aliphatic heterocycles. The third-order valence-electron chi connectivity index (χ3n) is 4.84. The Morgan fingerprint density at radius 1 is 1.11 bits per heavy atom. The highest BCUT2D eigenvalue weighted by Crippen LogP contribution is 2.27. The molecule has 1 heterocycles. The molecule has 2 aromatic rings. The van der Waals surface area contributed by atoms with Gasteiger partial charge in [0.15, 0.2) is 0 Å². The van der Waals surface area contributed by atoms with E-state index in [1.54, 1.807) is 43.0 Å². The zero-order valence-corrected chi connectivity index (χ0v) is 16.9. The molecule has 2 aromatic carbocycles. The minimum absolute atomic E-state index is 0.0986. The van der Waals surface area contributed by atoms with E-state index in [1.165, 1.54) is 11.1 Å². The summed E-state index contributed by atoms with van der Waals surface area (Å²) < 4.78 is 0. The van der Waals surface area contributed by atoms with Crippen LogP contribution in [0.1, 0.15) is 30.0 Å². The molecule has 0 aromatic heterocycles. The molecular formula is C21H23N3O3S. The van der Waals surface area contributed by atoms with Gasteiger partial charge in [-0.1, -0.05) is 18.2 Å². The standard InChI is InChI=1S/C21H23N3O3S/c1-13-7-8-17(11-14(13)2)28-10-9-18(25)22-16-6-4-5-15(12-16)21(3)19(26)23-20(27)24-21/h4-8,11-12H,9-10H2,1-3H3,(H,22,25)(H2,23,24,26,27). The molecule has 146 valence electrons. The Kier molecular flexibility index (Phi) is 5.74. The maximum Gasteiger partial charge on any atom is 0.322 e. The van der Waals surface area contributed by atoms with Gasteiger partial charge in [0.05, 0.1) is 0 Å². The number of carbonyl (C=O) groups excluding carboxylic acids is 3. The summed E-state index contributed by atoms with van der Waals surface area (Å²) in [6, 6.07) is 12.7. The Bertz CT molecular complexity index is 944. The highest BCUT2D eigenvalue weighted by molar-refractivity contribution is 7.99. The van der Waals surface area contributed by atoms with E-state index in [4.69, 9.17) is 0 Å². The van der Waals surface area contributed by atoms with Crippen molar-refractivity contribution in [1.29, 1.82) is 0 Å². The van der Waals surface area contributed by atoms with Gasteiger partial charge in [-0.05, 0) is 61.7 Å². The number of thioether (sulfide) groups is 1. The number of rotatable bonds is 6. The van der Waals surface area contributed by atoms with E-state index < -0.39 is 17.5 Å². The first-order valence-corrected chi connectivity index (χ1v) is 10.0. The topological polar surface area (TPSA) is 87.3 Å². The van der Waals surface area contributed by atoms with Gasteiger partial charge in [0.1, 0.15) is 5.54 Å². The Hall–Kier alpha value is -2.80. The Labute approximate surface area is 168 Å². The summed E-state index contributed by atoms with van der Waals surface area (Å²) in [7, 11) is 0. The number of imide groups is 1. The molecule has 1 unspecified atom stereocenters. The van der Waals surface area contributed by atoms with Crippen molar-refractivity contribution >= 4 is 35.3 Å². The number of amides is 4. The number of urea groups is 1. The molecule has 7 heteroatoms. The van der Waals surface area contributed by atoms with Crippen molar-refractivity contribution in [2.24, 2.45) is 0 Å². The Morgan fingerprint density at radius 2 is 1.89 bits per heavy atom. The first kappa shape index (κ1) is 19.9. The summed E-state index contributed by atoms with van der Waals surface area (Å²) in [6.45, 7) is 5.79. The number of hydrogen-bond acceptors (Lipinski definition) is 4. The Balaban J connectivity index is 1.58. The molecule has 0 saturated carbocycles. The van der Waals surface area contributed by atoms with Crippen molar-refractivity contribution in [3.8, 4) is 0 Å². The molecule has 0 bridgehead atoms. The number of nitrogens with one attached hydrogen (secondary N) is 3. The number of anilines is 1. The summed E-state index contributed by atoms with van der Waals surface area (Å²) in [6.07, 6.45) is 0.371. The second-order valence-corrected chi connectivity index (χ2v) is 8.18. The molecule has 3 N–H and O–H groups in total. The molecule has 6 nitrogen and oxygen atoms in total. The van der Waals surface area contributed by atoms with Crippen molar-refractivity contribution in [3.05, 3.63) is 59.2 Å². The first-order chi connectivity index (χ1) is 13.3. The van der Waals surface area contributed by atoms with Crippen LogP contribution in [-0.2, 0) is 15.1 Å². The van der Waals surface area contributed by atoms with Gasteiger partial charge in [-0.3, -0.25) is 14.9 Å². The van der Waals surface area contributed by atoms with Crippen LogP contribution in [-0.4, -0.2) is 23.6 Å². The van der Waals surface area contributed by atoms with Crippen LogP contribution in [0.25, 0.3) is 0 Å². The van der Waals surface area contributed by atoms with E-state index in [-0.39, 0.29) is 5.91 Å². The molecule has 1 atom stereocenters. The molecule has 1 fully saturated rings. The zero-order valence-electron chi connectivity index (χ0n) is 16.1. The second kappa shape index (κ2) is 8.06. The quantitative estimate of drug-likeness (QED) is 0.514. The maximum absolute atomic E-state index is 12.3. The van der Waals surface area contributed by atoms with Crippen molar-refractivity contribution in [1.82, 2.24) is 10.6 Å². The lowest BCUT2D eigenvalue weighted by Crippen LogP contribution is -2.40. The summed E-state index contributed by atoms with van der Waals surface area (Å²) in [5, 5.41) is 7.72. The van der Waals surface area contributed by atoms with Crippen LogP contribution < -0.4 is 16.0 Å². The van der Waals surface area contributed by atoms with E-state index in [1.807, 2.05) is 0 Å². The van der Waals surface area contributed by atoms with Gasteiger partial charge in [0, 0.05) is 22.8 Å². The summed E-state index contributed by atoms with van der Waals surface area (Å²) >= 11 is 1.64. The molecule has 4 amide bonds. The van der Waals surface area contributed by atoms with Gasteiger partial charge in [-0.15, -0.1) is 11.8 Å². The van der Waals surface area contributed by atoms with Crippen LogP contribution in [0.2, 0.25) is 0 Å². The van der Waals surface area contributed by atoms with E-state index in [0.29, 0.717) is 23.4 Å². The average Bonchev–Trinajstić information content (AvgIpc) is 2.91. The third-order valence-corrected chi connectivity index (χ3v) is 5.84. The van der Waals surface area contributed by atoms with Crippen molar-refractivity contribution in [3.63, 3.8) is 0 Å². The van der Waals surface area contributed by atoms with Gasteiger partial charge >= 0.3 is 6.03 Å². The van der Waals surface area contributed by atoms with Crippen LogP contribution in [0.4, 0.5) is 10.5 Å². The van der Waals surface area contributed by atoms with Crippen molar-refractivity contribution in [2.45, 2.75) is 37.6 Å².